The number of nitrogens with one attached hydrogen (secondary N) is 2. The lowest BCUT2D eigenvalue weighted by Crippen LogP contribution is -2.46. The number of carbonyl (C=O) groups excluding carboxylic acids is 1. The van der Waals surface area contributed by atoms with Crippen molar-refractivity contribution in [3.8, 4) is 11.8 Å². The Morgan fingerprint density at radius 1 is 1.28 bits per heavy atom. The number of nitrogens with zero attached hydrogens (tertiary/aromatic N) is 3. The molecule has 0 unspecified atom stereocenters. The molecule has 2 amide bonds. The van der Waals surface area contributed by atoms with E-state index < -0.39 is 5.54 Å². The Kier molecular flexibility index (Phi) is 4.80. The molecule has 0 aliphatic heterocycles. The van der Waals surface area contributed by atoms with E-state index in [1.807, 2.05) is 18.2 Å². The second-order valence-electron chi connectivity index (χ2n) is 5.95. The van der Waals surface area contributed by atoms with E-state index in [4.69, 9.17) is 10.00 Å². The summed E-state index contributed by atoms with van der Waals surface area (Å²) in [4.78, 5) is 20.8. The minimum Gasteiger partial charge on any atom is -0.495 e. The van der Waals surface area contributed by atoms with Gasteiger partial charge in [-0.25, -0.2) is 14.8 Å². The third-order valence-electron chi connectivity index (χ3n) is 4.41. The van der Waals surface area contributed by atoms with E-state index in [1.165, 1.54) is 0 Å². The highest BCUT2D eigenvalue weighted by Crippen LogP contribution is 2.38. The number of carbonyl (C=O) groups is 1. The SMILES string of the molecule is COc1ccccc1NC(=O)NC1(c2ccnc(C#N)n2)CCCC1. The van der Waals surface area contributed by atoms with Crippen LogP contribution < -0.4 is 15.4 Å². The normalized spacial score (nSPS) is 15.2. The van der Waals surface area contributed by atoms with Gasteiger partial charge in [-0.15, -0.1) is 0 Å². The number of rotatable bonds is 4. The molecular weight excluding hydrogens is 318 g/mol. The quantitative estimate of drug-likeness (QED) is 0.893. The second-order valence-corrected chi connectivity index (χ2v) is 5.95. The van der Waals surface area contributed by atoms with Gasteiger partial charge in [0.15, 0.2) is 0 Å². The van der Waals surface area contributed by atoms with Gasteiger partial charge in [0.25, 0.3) is 0 Å². The van der Waals surface area contributed by atoms with Crippen LogP contribution in [0, 0.1) is 11.3 Å². The number of hydrogen-bond acceptors (Lipinski definition) is 5. The molecule has 0 saturated heterocycles. The Morgan fingerprint density at radius 3 is 2.76 bits per heavy atom. The molecule has 1 aromatic heterocycles. The van der Waals surface area contributed by atoms with Gasteiger partial charge in [0.05, 0.1) is 24.0 Å². The number of anilines is 1. The van der Waals surface area contributed by atoms with Gasteiger partial charge in [0.1, 0.15) is 11.8 Å². The lowest BCUT2D eigenvalue weighted by Gasteiger charge is -2.30. The summed E-state index contributed by atoms with van der Waals surface area (Å²) in [7, 11) is 1.56. The number of nitriles is 1. The lowest BCUT2D eigenvalue weighted by molar-refractivity contribution is 0.235. The molecular formula is C18H19N5O2. The smallest absolute Gasteiger partial charge is 0.320 e. The molecule has 2 N–H and O–H groups in total. The van der Waals surface area contributed by atoms with E-state index in [2.05, 4.69) is 20.6 Å². The highest BCUT2D eigenvalue weighted by Gasteiger charge is 2.38. The van der Waals surface area contributed by atoms with E-state index in [1.54, 1.807) is 31.5 Å². The molecule has 25 heavy (non-hydrogen) atoms. The molecule has 0 atom stereocenters. The van der Waals surface area contributed by atoms with Gasteiger partial charge in [0.2, 0.25) is 5.82 Å². The van der Waals surface area contributed by atoms with Crippen LogP contribution in [0.15, 0.2) is 36.5 Å². The van der Waals surface area contributed by atoms with E-state index in [0.29, 0.717) is 17.1 Å². The predicted molar refractivity (Wildman–Crippen MR) is 92.0 cm³/mol. The zero-order valence-electron chi connectivity index (χ0n) is 14.0. The van der Waals surface area contributed by atoms with Crippen molar-refractivity contribution in [3.63, 3.8) is 0 Å². The number of para-hydroxylation sites is 2. The van der Waals surface area contributed by atoms with E-state index in [-0.39, 0.29) is 11.9 Å². The number of methoxy groups -OCH3 is 1. The minimum atomic E-state index is -0.583. The van der Waals surface area contributed by atoms with Crippen molar-refractivity contribution in [2.45, 2.75) is 31.2 Å². The van der Waals surface area contributed by atoms with Crippen LogP contribution in [-0.4, -0.2) is 23.1 Å². The molecule has 1 aliphatic rings. The maximum absolute atomic E-state index is 12.6. The average molecular weight is 337 g/mol. The first-order valence-corrected chi connectivity index (χ1v) is 8.13. The highest BCUT2D eigenvalue weighted by atomic mass is 16.5. The summed E-state index contributed by atoms with van der Waals surface area (Å²) in [6, 6.07) is 10.6. The summed E-state index contributed by atoms with van der Waals surface area (Å²) in [5.74, 6) is 0.697. The van der Waals surface area contributed by atoms with Gasteiger partial charge in [-0.2, -0.15) is 5.26 Å². The molecule has 3 rings (SSSR count). The van der Waals surface area contributed by atoms with Gasteiger partial charge < -0.3 is 15.4 Å². The first-order chi connectivity index (χ1) is 12.2. The van der Waals surface area contributed by atoms with Crippen LogP contribution in [0.3, 0.4) is 0 Å². The van der Waals surface area contributed by atoms with Gasteiger partial charge in [0, 0.05) is 6.20 Å². The molecule has 1 saturated carbocycles. The molecule has 1 heterocycles. The van der Waals surface area contributed by atoms with Gasteiger partial charge >= 0.3 is 6.03 Å². The molecule has 1 aromatic carbocycles. The van der Waals surface area contributed by atoms with Crippen molar-refractivity contribution in [1.29, 1.82) is 5.26 Å². The topological polar surface area (TPSA) is 99.9 Å². The van der Waals surface area contributed by atoms with Crippen LogP contribution in [0.2, 0.25) is 0 Å². The zero-order valence-corrected chi connectivity index (χ0v) is 14.0. The Bertz CT molecular complexity index is 809. The highest BCUT2D eigenvalue weighted by molar-refractivity contribution is 5.91. The van der Waals surface area contributed by atoms with Crippen LogP contribution in [0.5, 0.6) is 5.75 Å². The van der Waals surface area contributed by atoms with Crippen LogP contribution in [0.1, 0.15) is 37.2 Å². The standard InChI is InChI=1S/C18H19N5O2/c1-25-14-7-3-2-6-13(14)21-17(24)23-18(9-4-5-10-18)15-8-11-20-16(12-19)22-15/h2-3,6-8,11H,4-5,9-10H2,1H3,(H2,21,23,24). The third-order valence-corrected chi connectivity index (χ3v) is 4.41. The maximum atomic E-state index is 12.6. The van der Waals surface area contributed by atoms with Crippen LogP contribution in [0.4, 0.5) is 10.5 Å². The molecule has 1 aliphatic carbocycles. The summed E-state index contributed by atoms with van der Waals surface area (Å²) >= 11 is 0. The Morgan fingerprint density at radius 2 is 2.04 bits per heavy atom. The van der Waals surface area contributed by atoms with Crippen molar-refractivity contribution >= 4 is 11.7 Å². The van der Waals surface area contributed by atoms with E-state index in [0.717, 1.165) is 25.7 Å². The number of ether oxygens (including phenoxy) is 1. The van der Waals surface area contributed by atoms with Crippen molar-refractivity contribution < 1.29 is 9.53 Å². The molecule has 128 valence electrons. The van der Waals surface area contributed by atoms with Crippen LogP contribution in [-0.2, 0) is 5.54 Å². The first kappa shape index (κ1) is 16.7. The fraction of sp³-hybridized carbons (Fsp3) is 0.333. The monoisotopic (exact) mass is 337 g/mol. The van der Waals surface area contributed by atoms with Gasteiger partial charge in [-0.3, -0.25) is 0 Å². The van der Waals surface area contributed by atoms with Crippen molar-refractivity contribution in [3.05, 3.63) is 48.0 Å². The minimum absolute atomic E-state index is 0.107. The van der Waals surface area contributed by atoms with Crippen molar-refractivity contribution in [2.24, 2.45) is 0 Å². The van der Waals surface area contributed by atoms with Crippen LogP contribution >= 0.6 is 0 Å². The molecule has 7 heteroatoms. The van der Waals surface area contributed by atoms with Gasteiger partial charge in [-0.05, 0) is 31.0 Å². The summed E-state index contributed by atoms with van der Waals surface area (Å²) in [5.41, 5.74) is 0.684. The fourth-order valence-electron chi connectivity index (χ4n) is 3.22. The van der Waals surface area contributed by atoms with Crippen molar-refractivity contribution in [2.75, 3.05) is 12.4 Å². The Hall–Kier alpha value is -3.14. The lowest BCUT2D eigenvalue weighted by atomic mass is 9.93. The summed E-state index contributed by atoms with van der Waals surface area (Å²) in [6.07, 6.45) is 5.07. The second kappa shape index (κ2) is 7.18. The number of amides is 2. The number of hydrogen-bond donors (Lipinski definition) is 2. The molecule has 0 radical (unpaired) electrons. The fourth-order valence-corrected chi connectivity index (χ4v) is 3.22. The average Bonchev–Trinajstić information content (AvgIpc) is 3.11. The first-order valence-electron chi connectivity index (χ1n) is 8.13. The summed E-state index contributed by atoms with van der Waals surface area (Å²) < 4.78 is 5.26. The Labute approximate surface area is 146 Å². The molecule has 7 nitrogen and oxygen atoms in total. The Balaban J connectivity index is 1.82. The molecule has 0 bridgehead atoms. The number of benzene rings is 1. The van der Waals surface area contributed by atoms with E-state index >= 15 is 0 Å². The van der Waals surface area contributed by atoms with Crippen LogP contribution in [0.25, 0.3) is 0 Å². The van der Waals surface area contributed by atoms with E-state index in [9.17, 15) is 4.79 Å². The van der Waals surface area contributed by atoms with Gasteiger partial charge in [-0.1, -0.05) is 25.0 Å². The number of urea groups is 1. The third kappa shape index (κ3) is 3.53. The summed E-state index contributed by atoms with van der Waals surface area (Å²) in [6.45, 7) is 0. The predicted octanol–water partition coefficient (Wildman–Crippen LogP) is 2.95. The summed E-state index contributed by atoms with van der Waals surface area (Å²) in [5, 5.41) is 14.9. The molecule has 2 aromatic rings. The number of aromatic nitrogens is 2. The maximum Gasteiger partial charge on any atom is 0.320 e. The molecule has 0 spiro atoms. The zero-order chi connectivity index (χ0) is 17.7. The molecule has 1 fully saturated rings. The van der Waals surface area contributed by atoms with Crippen molar-refractivity contribution in [1.82, 2.24) is 15.3 Å². The largest absolute Gasteiger partial charge is 0.495 e.